The Labute approximate surface area is 117 Å². The zero-order chi connectivity index (χ0) is 13.6. The summed E-state index contributed by atoms with van der Waals surface area (Å²) in [7, 11) is -1.29. The molecule has 18 heavy (non-hydrogen) atoms. The van der Waals surface area contributed by atoms with Crippen LogP contribution in [0, 0.1) is 0 Å². The van der Waals surface area contributed by atoms with E-state index in [-0.39, 0.29) is 5.54 Å². The molecule has 0 amide bonds. The highest BCUT2D eigenvalue weighted by atomic mass is 32.2. The summed E-state index contributed by atoms with van der Waals surface area (Å²) >= 11 is 1.92. The molecule has 0 atom stereocenters. The molecule has 0 radical (unpaired) electrons. The van der Waals surface area contributed by atoms with Gasteiger partial charge in [0.2, 0.25) is 0 Å². The van der Waals surface area contributed by atoms with E-state index in [4.69, 9.17) is 0 Å². The molecular weight excluding hydrogens is 255 g/mol. The maximum Gasteiger partial charge on any atom is 0.361 e. The topological polar surface area (TPSA) is 6.48 Å². The molecule has 0 aromatic heterocycles. The van der Waals surface area contributed by atoms with Gasteiger partial charge in [-0.15, -0.1) is 0 Å². The van der Waals surface area contributed by atoms with Crippen LogP contribution in [0.2, 0.25) is 19.6 Å². The molecule has 98 valence electrons. The zero-order valence-electron chi connectivity index (χ0n) is 12.3. The van der Waals surface area contributed by atoms with E-state index in [1.54, 1.807) is 0 Å². The number of rotatable bonds is 2. The van der Waals surface area contributed by atoms with Crippen molar-refractivity contribution < 1.29 is 0 Å². The second-order valence-electron chi connectivity index (χ2n) is 6.86. The van der Waals surface area contributed by atoms with Crippen LogP contribution in [0.4, 0.5) is 0 Å². The van der Waals surface area contributed by atoms with Gasteiger partial charge in [-0.1, -0.05) is 50.0 Å². The first-order chi connectivity index (χ1) is 8.21. The highest BCUT2D eigenvalue weighted by molar-refractivity contribution is 8.01. The summed E-state index contributed by atoms with van der Waals surface area (Å²) < 4.78 is 5.13. The van der Waals surface area contributed by atoms with Gasteiger partial charge < -0.3 is 0 Å². The van der Waals surface area contributed by atoms with Crippen molar-refractivity contribution in [3.63, 3.8) is 0 Å². The quantitative estimate of drug-likeness (QED) is 0.606. The van der Waals surface area contributed by atoms with E-state index in [1.807, 2.05) is 12.1 Å². The molecule has 1 saturated heterocycles. The Bertz CT molecular complexity index is 393. The maximum absolute atomic E-state index is 2.62. The Hall–Kier alpha value is -0.228. The second kappa shape index (κ2) is 4.71. The molecular formula is C13H23BN2SSi. The van der Waals surface area contributed by atoms with Crippen molar-refractivity contribution in [2.24, 2.45) is 0 Å². The van der Waals surface area contributed by atoms with Crippen LogP contribution in [0.15, 0.2) is 30.3 Å². The molecule has 1 aromatic carbocycles. The van der Waals surface area contributed by atoms with Gasteiger partial charge in [0.1, 0.15) is 8.24 Å². The van der Waals surface area contributed by atoms with Gasteiger partial charge in [0, 0.05) is 5.54 Å². The third-order valence-electron chi connectivity index (χ3n) is 3.04. The average molecular weight is 278 g/mol. The summed E-state index contributed by atoms with van der Waals surface area (Å²) in [4.78, 5) is 0. The molecule has 0 N–H and O–H groups in total. The molecule has 1 aliphatic heterocycles. The van der Waals surface area contributed by atoms with Crippen molar-refractivity contribution in [3.8, 4) is 0 Å². The lowest BCUT2D eigenvalue weighted by molar-refractivity contribution is 0.358. The van der Waals surface area contributed by atoms with Crippen LogP contribution in [-0.4, -0.2) is 28.9 Å². The Morgan fingerprint density at radius 3 is 2.06 bits per heavy atom. The van der Waals surface area contributed by atoms with Gasteiger partial charge in [-0.3, -0.25) is 8.10 Å². The normalized spacial score (nSPS) is 18.9. The number of hydrogen-bond donors (Lipinski definition) is 0. The Kier molecular flexibility index (Phi) is 3.71. The molecule has 2 rings (SSSR count). The largest absolute Gasteiger partial charge is 0.361 e. The van der Waals surface area contributed by atoms with Crippen molar-refractivity contribution >= 4 is 32.8 Å². The van der Waals surface area contributed by atoms with Gasteiger partial charge in [0.15, 0.2) is 0 Å². The lowest BCUT2D eigenvalue weighted by Crippen LogP contribution is -2.74. The SMILES string of the molecule is CC(C)(C)N1SN([Si](C)(C)C)B1c1ccccc1. The first kappa shape index (κ1) is 14.2. The first-order valence-corrected chi connectivity index (χ1v) is 10.7. The average Bonchev–Trinajstić information content (AvgIpc) is 2.12. The van der Waals surface area contributed by atoms with Gasteiger partial charge in [-0.05, 0) is 38.4 Å². The van der Waals surface area contributed by atoms with Gasteiger partial charge in [-0.2, -0.15) is 0 Å². The van der Waals surface area contributed by atoms with Crippen LogP contribution < -0.4 is 5.46 Å². The predicted octanol–water partition coefficient (Wildman–Crippen LogP) is 3.20. The molecule has 0 unspecified atom stereocenters. The van der Waals surface area contributed by atoms with E-state index in [1.165, 1.54) is 5.46 Å². The monoisotopic (exact) mass is 278 g/mol. The summed E-state index contributed by atoms with van der Waals surface area (Å²) in [5, 5.41) is 0. The summed E-state index contributed by atoms with van der Waals surface area (Å²) in [5.41, 5.74) is 1.61. The summed E-state index contributed by atoms with van der Waals surface area (Å²) in [5.74, 6) is 0. The fraction of sp³-hybridized carbons (Fsp3) is 0.538. The third kappa shape index (κ3) is 2.69. The summed E-state index contributed by atoms with van der Waals surface area (Å²) in [6.45, 7) is 14.5. The highest BCUT2D eigenvalue weighted by Crippen LogP contribution is 2.42. The molecule has 2 nitrogen and oxygen atoms in total. The minimum Gasteiger partial charge on any atom is -0.279 e. The van der Waals surface area contributed by atoms with E-state index in [0.717, 1.165) is 0 Å². The number of hydrogen-bond acceptors (Lipinski definition) is 3. The lowest BCUT2D eigenvalue weighted by atomic mass is 9.67. The van der Waals surface area contributed by atoms with E-state index >= 15 is 0 Å². The summed E-state index contributed by atoms with van der Waals surface area (Å²) in [6.07, 6.45) is 0. The molecule has 0 saturated carbocycles. The van der Waals surface area contributed by atoms with Gasteiger partial charge in [-0.25, -0.2) is 0 Å². The molecule has 1 aliphatic rings. The van der Waals surface area contributed by atoms with E-state index in [9.17, 15) is 0 Å². The molecule has 1 aromatic rings. The fourth-order valence-electron chi connectivity index (χ4n) is 2.11. The molecule has 1 heterocycles. The van der Waals surface area contributed by atoms with Crippen molar-refractivity contribution in [1.29, 1.82) is 0 Å². The van der Waals surface area contributed by atoms with Crippen molar-refractivity contribution in [2.45, 2.75) is 46.0 Å². The van der Waals surface area contributed by atoms with Gasteiger partial charge in [0.05, 0.1) is 0 Å². The summed E-state index contributed by atoms with van der Waals surface area (Å²) in [6, 6.07) is 10.9. The molecule has 0 spiro atoms. The maximum atomic E-state index is 2.62. The minimum atomic E-state index is -1.29. The van der Waals surface area contributed by atoms with Crippen LogP contribution in [0.3, 0.4) is 0 Å². The second-order valence-corrected chi connectivity index (χ2v) is 13.0. The lowest BCUT2D eigenvalue weighted by Gasteiger charge is -2.57. The van der Waals surface area contributed by atoms with Gasteiger partial charge >= 0.3 is 6.98 Å². The van der Waals surface area contributed by atoms with Crippen LogP contribution in [0.5, 0.6) is 0 Å². The van der Waals surface area contributed by atoms with Crippen LogP contribution in [0.1, 0.15) is 20.8 Å². The van der Waals surface area contributed by atoms with Gasteiger partial charge in [0.25, 0.3) is 0 Å². The highest BCUT2D eigenvalue weighted by Gasteiger charge is 2.53. The molecule has 0 bridgehead atoms. The minimum absolute atomic E-state index is 0.196. The number of benzene rings is 1. The first-order valence-electron chi connectivity index (χ1n) is 6.53. The molecule has 1 fully saturated rings. The van der Waals surface area contributed by atoms with Crippen LogP contribution in [0.25, 0.3) is 0 Å². The molecule has 5 heteroatoms. The van der Waals surface area contributed by atoms with Crippen molar-refractivity contribution in [3.05, 3.63) is 30.3 Å². The Morgan fingerprint density at radius 1 is 1.06 bits per heavy atom. The number of nitrogens with zero attached hydrogens (tertiary/aromatic N) is 2. The van der Waals surface area contributed by atoms with Crippen molar-refractivity contribution in [2.75, 3.05) is 0 Å². The van der Waals surface area contributed by atoms with E-state index < -0.39 is 8.24 Å². The standard InChI is InChI=1S/C13H23BN2SSi/c1-13(2,3)15-14(12-10-8-7-9-11-12)16(17-15)18(4,5)6/h7-11H,1-6H3. The molecule has 0 aliphatic carbocycles. The Morgan fingerprint density at radius 2 is 1.61 bits per heavy atom. The smallest absolute Gasteiger partial charge is 0.279 e. The predicted molar refractivity (Wildman–Crippen MR) is 86.2 cm³/mol. The van der Waals surface area contributed by atoms with Crippen LogP contribution in [-0.2, 0) is 0 Å². The third-order valence-corrected chi connectivity index (χ3v) is 7.79. The van der Waals surface area contributed by atoms with E-state index in [0.29, 0.717) is 6.98 Å². The van der Waals surface area contributed by atoms with Crippen molar-refractivity contribution in [1.82, 2.24) is 8.10 Å². The van der Waals surface area contributed by atoms with Crippen LogP contribution >= 0.6 is 12.1 Å². The fourth-order valence-corrected chi connectivity index (χ4v) is 5.34. The zero-order valence-corrected chi connectivity index (χ0v) is 14.1. The van der Waals surface area contributed by atoms with E-state index in [2.05, 4.69) is 78.8 Å². The Balaban J connectivity index is 2.30.